The Morgan fingerprint density at radius 3 is 2.50 bits per heavy atom. The molecule has 1 unspecified atom stereocenters. The average molecular weight is 242 g/mol. The molecule has 0 aromatic heterocycles. The fourth-order valence-corrected chi connectivity index (χ4v) is 0.970. The second-order valence-corrected chi connectivity index (χ2v) is 3.62. The van der Waals surface area contributed by atoms with Crippen molar-refractivity contribution in [3.63, 3.8) is 0 Å². The van der Waals surface area contributed by atoms with E-state index in [1.54, 1.807) is 0 Å². The van der Waals surface area contributed by atoms with Crippen LogP contribution in [-0.2, 0) is 0 Å². The van der Waals surface area contributed by atoms with Gasteiger partial charge >= 0.3 is 12.2 Å². The minimum Gasteiger partial charge on any atom is -0.396 e. The van der Waals surface area contributed by atoms with Gasteiger partial charge in [0.1, 0.15) is 0 Å². The van der Waals surface area contributed by atoms with E-state index in [0.29, 0.717) is 13.0 Å². The maximum absolute atomic E-state index is 11.7. The summed E-state index contributed by atoms with van der Waals surface area (Å²) in [6.45, 7) is 1.76. The zero-order chi connectivity index (χ0) is 12.6. The third-order valence-corrected chi connectivity index (χ3v) is 1.93. The molecule has 0 aliphatic carbocycles. The lowest BCUT2D eigenvalue weighted by Gasteiger charge is -2.12. The molecular weight excluding hydrogens is 225 g/mol. The molecule has 96 valence electrons. The summed E-state index contributed by atoms with van der Waals surface area (Å²) >= 11 is 0. The largest absolute Gasteiger partial charge is 0.396 e. The molecule has 3 N–H and O–H groups in total. The van der Waals surface area contributed by atoms with Gasteiger partial charge in [-0.05, 0) is 12.3 Å². The van der Waals surface area contributed by atoms with Crippen molar-refractivity contribution in [2.45, 2.75) is 25.9 Å². The molecular formula is C9H17F3N2O2. The summed E-state index contributed by atoms with van der Waals surface area (Å²) < 4.78 is 35.2. The van der Waals surface area contributed by atoms with Crippen LogP contribution in [0.2, 0.25) is 0 Å². The normalized spacial score (nSPS) is 13.3. The first-order valence-corrected chi connectivity index (χ1v) is 5.04. The SMILES string of the molecule is CC(CCO)CNC(=O)NCCC(F)(F)F. The Labute approximate surface area is 92.2 Å². The van der Waals surface area contributed by atoms with Gasteiger partial charge in [-0.15, -0.1) is 0 Å². The van der Waals surface area contributed by atoms with Crippen LogP contribution in [0.25, 0.3) is 0 Å². The summed E-state index contributed by atoms with van der Waals surface area (Å²) in [6.07, 6.45) is -4.74. The molecule has 0 fully saturated rings. The van der Waals surface area contributed by atoms with Crippen molar-refractivity contribution in [3.05, 3.63) is 0 Å². The minimum absolute atomic E-state index is 0.0263. The number of urea groups is 1. The Morgan fingerprint density at radius 1 is 1.38 bits per heavy atom. The van der Waals surface area contributed by atoms with Crippen LogP contribution in [-0.4, -0.2) is 37.0 Å². The van der Waals surface area contributed by atoms with Crippen LogP contribution in [0.15, 0.2) is 0 Å². The quantitative estimate of drug-likeness (QED) is 0.656. The number of halogens is 3. The Balaban J connectivity index is 3.52. The molecule has 0 aliphatic rings. The summed E-state index contributed by atoms with van der Waals surface area (Å²) in [5.74, 6) is 0.0957. The molecule has 1 atom stereocenters. The number of rotatable bonds is 6. The highest BCUT2D eigenvalue weighted by molar-refractivity contribution is 5.73. The number of nitrogens with one attached hydrogen (secondary N) is 2. The first-order chi connectivity index (χ1) is 7.35. The standard InChI is InChI=1S/C9H17F3N2O2/c1-7(2-5-15)6-14-8(16)13-4-3-9(10,11)12/h7,15H,2-6H2,1H3,(H2,13,14,16). The van der Waals surface area contributed by atoms with Crippen LogP contribution in [0.1, 0.15) is 19.8 Å². The van der Waals surface area contributed by atoms with Crippen molar-refractivity contribution in [1.82, 2.24) is 10.6 Å². The molecule has 0 heterocycles. The Hall–Kier alpha value is -0.980. The zero-order valence-electron chi connectivity index (χ0n) is 9.10. The molecule has 0 rings (SSSR count). The van der Waals surface area contributed by atoms with Gasteiger partial charge < -0.3 is 15.7 Å². The summed E-state index contributed by atoms with van der Waals surface area (Å²) in [7, 11) is 0. The van der Waals surface area contributed by atoms with Crippen molar-refractivity contribution >= 4 is 6.03 Å². The Bertz CT molecular complexity index is 209. The molecule has 0 saturated carbocycles. The van der Waals surface area contributed by atoms with Gasteiger partial charge in [0.25, 0.3) is 0 Å². The van der Waals surface area contributed by atoms with Crippen LogP contribution in [0.4, 0.5) is 18.0 Å². The number of amides is 2. The van der Waals surface area contributed by atoms with Crippen molar-refractivity contribution in [2.75, 3.05) is 19.7 Å². The fourth-order valence-electron chi connectivity index (χ4n) is 0.970. The maximum atomic E-state index is 11.7. The number of aliphatic hydroxyl groups is 1. The van der Waals surface area contributed by atoms with Crippen LogP contribution in [0.3, 0.4) is 0 Å². The molecule has 2 amide bonds. The van der Waals surface area contributed by atoms with E-state index in [2.05, 4.69) is 10.6 Å². The topological polar surface area (TPSA) is 61.4 Å². The molecule has 0 saturated heterocycles. The van der Waals surface area contributed by atoms with Crippen molar-refractivity contribution in [2.24, 2.45) is 5.92 Å². The summed E-state index contributed by atoms with van der Waals surface area (Å²) in [6, 6.07) is -0.617. The number of carbonyl (C=O) groups excluding carboxylic acids is 1. The second kappa shape index (κ2) is 7.32. The van der Waals surface area contributed by atoms with Crippen LogP contribution in [0.5, 0.6) is 0 Å². The van der Waals surface area contributed by atoms with Gasteiger partial charge in [0.2, 0.25) is 0 Å². The molecule has 0 spiro atoms. The predicted molar refractivity (Wildman–Crippen MR) is 52.9 cm³/mol. The summed E-state index contributed by atoms with van der Waals surface area (Å²) in [5, 5.41) is 13.1. The number of hydrogen-bond donors (Lipinski definition) is 3. The van der Waals surface area contributed by atoms with E-state index in [9.17, 15) is 18.0 Å². The molecule has 0 radical (unpaired) electrons. The maximum Gasteiger partial charge on any atom is 0.390 e. The van der Waals surface area contributed by atoms with Crippen LogP contribution < -0.4 is 10.6 Å². The summed E-state index contributed by atoms with van der Waals surface area (Å²) in [4.78, 5) is 11.0. The fraction of sp³-hybridized carbons (Fsp3) is 0.889. The molecule has 16 heavy (non-hydrogen) atoms. The van der Waals surface area contributed by atoms with E-state index in [4.69, 9.17) is 5.11 Å². The molecule has 0 aromatic rings. The number of carbonyl (C=O) groups is 1. The summed E-state index contributed by atoms with van der Waals surface area (Å²) in [5.41, 5.74) is 0. The Kier molecular flexibility index (Phi) is 6.87. The van der Waals surface area contributed by atoms with Gasteiger partial charge in [0.15, 0.2) is 0 Å². The molecule has 0 aliphatic heterocycles. The predicted octanol–water partition coefficient (Wildman–Crippen LogP) is 1.26. The van der Waals surface area contributed by atoms with Crippen molar-refractivity contribution in [3.8, 4) is 0 Å². The highest BCUT2D eigenvalue weighted by atomic mass is 19.4. The van der Waals surface area contributed by atoms with E-state index in [1.165, 1.54) is 0 Å². The van der Waals surface area contributed by atoms with E-state index >= 15 is 0 Å². The second-order valence-electron chi connectivity index (χ2n) is 3.62. The average Bonchev–Trinajstić information content (AvgIpc) is 2.13. The monoisotopic (exact) mass is 242 g/mol. The first kappa shape index (κ1) is 15.0. The van der Waals surface area contributed by atoms with Crippen molar-refractivity contribution in [1.29, 1.82) is 0 Å². The first-order valence-electron chi connectivity index (χ1n) is 5.04. The van der Waals surface area contributed by atoms with Crippen molar-refractivity contribution < 1.29 is 23.1 Å². The third kappa shape index (κ3) is 9.57. The van der Waals surface area contributed by atoms with Gasteiger partial charge in [-0.2, -0.15) is 13.2 Å². The smallest absolute Gasteiger partial charge is 0.390 e. The zero-order valence-corrected chi connectivity index (χ0v) is 9.10. The number of aliphatic hydroxyl groups excluding tert-OH is 1. The highest BCUT2D eigenvalue weighted by Crippen LogP contribution is 2.17. The van der Waals surface area contributed by atoms with E-state index < -0.39 is 25.2 Å². The highest BCUT2D eigenvalue weighted by Gasteiger charge is 2.26. The lowest BCUT2D eigenvalue weighted by atomic mass is 10.1. The van der Waals surface area contributed by atoms with E-state index in [1.807, 2.05) is 6.92 Å². The van der Waals surface area contributed by atoms with E-state index in [0.717, 1.165) is 0 Å². The van der Waals surface area contributed by atoms with Gasteiger partial charge in [-0.1, -0.05) is 6.92 Å². The Morgan fingerprint density at radius 2 is 2.00 bits per heavy atom. The van der Waals surface area contributed by atoms with E-state index in [-0.39, 0.29) is 12.5 Å². The molecule has 0 bridgehead atoms. The van der Waals surface area contributed by atoms with Crippen LogP contribution >= 0.6 is 0 Å². The lowest BCUT2D eigenvalue weighted by molar-refractivity contribution is -0.132. The van der Waals surface area contributed by atoms with Gasteiger partial charge in [-0.25, -0.2) is 4.79 Å². The number of hydrogen-bond acceptors (Lipinski definition) is 2. The molecule has 0 aromatic carbocycles. The molecule has 7 heteroatoms. The lowest BCUT2D eigenvalue weighted by Crippen LogP contribution is -2.39. The van der Waals surface area contributed by atoms with Gasteiger partial charge in [-0.3, -0.25) is 0 Å². The number of alkyl halides is 3. The van der Waals surface area contributed by atoms with Crippen LogP contribution in [0, 0.1) is 5.92 Å². The van der Waals surface area contributed by atoms with Gasteiger partial charge in [0, 0.05) is 19.7 Å². The third-order valence-electron chi connectivity index (χ3n) is 1.93. The molecule has 4 nitrogen and oxygen atoms in total. The van der Waals surface area contributed by atoms with Gasteiger partial charge in [0.05, 0.1) is 6.42 Å². The minimum atomic E-state index is -4.25.